The minimum atomic E-state index is -3.56. The van der Waals surface area contributed by atoms with Crippen molar-refractivity contribution in [2.45, 2.75) is 10.6 Å². The Balaban J connectivity index is 1.64. The predicted octanol–water partition coefficient (Wildman–Crippen LogP) is 6.46. The van der Waals surface area contributed by atoms with Gasteiger partial charge in [0.1, 0.15) is 5.75 Å². The Hall–Kier alpha value is -3.08. The molecule has 0 heterocycles. The monoisotopic (exact) mass is 447 g/mol. The molecule has 0 aromatic heterocycles. The van der Waals surface area contributed by atoms with Gasteiger partial charge in [-0.1, -0.05) is 66.2 Å². The minimum absolute atomic E-state index is 0.158. The fourth-order valence-corrected chi connectivity index (χ4v) is 4.89. The number of halogens is 1. The van der Waals surface area contributed by atoms with Gasteiger partial charge in [-0.2, -0.15) is 0 Å². The maximum Gasteiger partial charge on any atom is 0.182 e. The second-order valence-corrected chi connectivity index (χ2v) is 9.52. The van der Waals surface area contributed by atoms with Crippen LogP contribution in [0.2, 0.25) is 5.02 Å². The number of methoxy groups -OCH3 is 1. The third kappa shape index (κ3) is 4.82. The summed E-state index contributed by atoms with van der Waals surface area (Å²) >= 11 is 5.98. The van der Waals surface area contributed by atoms with Crippen molar-refractivity contribution in [3.05, 3.63) is 108 Å². The van der Waals surface area contributed by atoms with Crippen LogP contribution in [0.5, 0.6) is 5.75 Å². The molecule has 0 amide bonds. The molecule has 0 saturated carbocycles. The molecule has 0 saturated heterocycles. The molecule has 0 spiro atoms. The summed E-state index contributed by atoms with van der Waals surface area (Å²) in [7, 11) is -2.02. The van der Waals surface area contributed by atoms with Gasteiger partial charge in [0.25, 0.3) is 0 Å². The molecule has 31 heavy (non-hydrogen) atoms. The van der Waals surface area contributed by atoms with Crippen LogP contribution in [0.3, 0.4) is 0 Å². The lowest BCUT2D eigenvalue weighted by molar-refractivity contribution is 0.411. The molecule has 4 rings (SSSR count). The topological polar surface area (TPSA) is 43.4 Å². The summed E-state index contributed by atoms with van der Waals surface area (Å²) in [5, 5.41) is 0.650. The Morgan fingerprint density at radius 1 is 0.839 bits per heavy atom. The van der Waals surface area contributed by atoms with Crippen LogP contribution in [-0.4, -0.2) is 15.5 Å². The second-order valence-electron chi connectivity index (χ2n) is 7.09. The van der Waals surface area contributed by atoms with Crippen LogP contribution in [0, 0.1) is 6.07 Å². The maximum atomic E-state index is 13.1. The van der Waals surface area contributed by atoms with E-state index < -0.39 is 9.84 Å². The van der Waals surface area contributed by atoms with Crippen LogP contribution in [0.1, 0.15) is 5.56 Å². The molecule has 0 fully saturated rings. The third-order valence-electron chi connectivity index (χ3n) is 5.04. The van der Waals surface area contributed by atoms with Crippen molar-refractivity contribution < 1.29 is 13.2 Å². The molecule has 0 atom stereocenters. The van der Waals surface area contributed by atoms with Crippen LogP contribution in [0.4, 0.5) is 0 Å². The largest absolute Gasteiger partial charge is 0.496 e. The number of hydrogen-bond donors (Lipinski definition) is 0. The van der Waals surface area contributed by atoms with Crippen molar-refractivity contribution in [1.29, 1.82) is 0 Å². The number of hydrogen-bond acceptors (Lipinski definition) is 3. The molecule has 5 heteroatoms. The Bertz CT molecular complexity index is 1280. The Morgan fingerprint density at radius 2 is 1.52 bits per heavy atom. The average Bonchev–Trinajstić information content (AvgIpc) is 2.80. The third-order valence-corrected chi connectivity index (χ3v) is 6.97. The molecule has 0 aliphatic rings. The Morgan fingerprint density at radius 3 is 2.16 bits per heavy atom. The number of ether oxygens (including phenoxy) is 1. The molecule has 0 aliphatic carbocycles. The van der Waals surface area contributed by atoms with Crippen LogP contribution in [-0.2, 0) is 15.6 Å². The first kappa shape index (κ1) is 21.2. The van der Waals surface area contributed by atoms with E-state index in [1.165, 1.54) is 0 Å². The number of benzene rings is 4. The van der Waals surface area contributed by atoms with Gasteiger partial charge in [0.2, 0.25) is 0 Å². The van der Waals surface area contributed by atoms with Gasteiger partial charge in [-0.15, -0.1) is 0 Å². The lowest BCUT2D eigenvalue weighted by Gasteiger charge is -2.12. The number of sulfone groups is 1. The zero-order valence-electron chi connectivity index (χ0n) is 16.9. The predicted molar refractivity (Wildman–Crippen MR) is 125 cm³/mol. The van der Waals surface area contributed by atoms with Gasteiger partial charge < -0.3 is 4.74 Å². The molecule has 4 aromatic rings. The average molecular weight is 448 g/mol. The fraction of sp³-hybridized carbons (Fsp3) is 0.0769. The van der Waals surface area contributed by atoms with Crippen molar-refractivity contribution >= 4 is 21.4 Å². The summed E-state index contributed by atoms with van der Waals surface area (Å²) in [5.74, 6) is 0.380. The first-order valence-electron chi connectivity index (χ1n) is 9.69. The normalized spacial score (nSPS) is 11.3. The molecular weight excluding hydrogens is 428 g/mol. The standard InChI is InChI=1S/C26H20ClO3S/c1-30-26-16-11-22(21-7-12-24(27)13-8-21)17-23(26)18-31(28,29)25-14-9-20(10-15-25)19-5-3-2-4-6-19/h2-5,7-17H,18H2,1H3. The number of rotatable bonds is 6. The lowest BCUT2D eigenvalue weighted by atomic mass is 10.0. The minimum Gasteiger partial charge on any atom is -0.496 e. The highest BCUT2D eigenvalue weighted by molar-refractivity contribution is 7.90. The van der Waals surface area contributed by atoms with Gasteiger partial charge in [-0.05, 0) is 64.7 Å². The van der Waals surface area contributed by atoms with E-state index >= 15 is 0 Å². The summed E-state index contributed by atoms with van der Waals surface area (Å²) < 4.78 is 31.7. The van der Waals surface area contributed by atoms with E-state index in [1.54, 1.807) is 37.4 Å². The van der Waals surface area contributed by atoms with Crippen LogP contribution in [0.15, 0.2) is 95.9 Å². The van der Waals surface area contributed by atoms with E-state index in [4.69, 9.17) is 16.3 Å². The lowest BCUT2D eigenvalue weighted by Crippen LogP contribution is -2.06. The van der Waals surface area contributed by atoms with Gasteiger partial charge in [0.15, 0.2) is 9.84 Å². The van der Waals surface area contributed by atoms with E-state index in [0.717, 1.165) is 22.3 Å². The van der Waals surface area contributed by atoms with Crippen LogP contribution >= 0.6 is 11.6 Å². The molecule has 0 unspecified atom stereocenters. The van der Waals surface area contributed by atoms with E-state index in [-0.39, 0.29) is 10.6 Å². The van der Waals surface area contributed by atoms with Crippen molar-refractivity contribution in [3.8, 4) is 28.0 Å². The summed E-state index contributed by atoms with van der Waals surface area (Å²) in [6.45, 7) is 0. The highest BCUT2D eigenvalue weighted by Crippen LogP contribution is 2.31. The summed E-state index contributed by atoms with van der Waals surface area (Å²) in [5.41, 5.74) is 4.30. The zero-order valence-corrected chi connectivity index (χ0v) is 18.5. The van der Waals surface area contributed by atoms with Gasteiger partial charge >= 0.3 is 0 Å². The molecule has 0 aliphatic heterocycles. The van der Waals surface area contributed by atoms with E-state index in [0.29, 0.717) is 16.3 Å². The van der Waals surface area contributed by atoms with E-state index in [9.17, 15) is 8.42 Å². The summed E-state index contributed by atoms with van der Waals surface area (Å²) in [4.78, 5) is 0.270. The van der Waals surface area contributed by atoms with Crippen molar-refractivity contribution in [3.63, 3.8) is 0 Å². The zero-order chi connectivity index (χ0) is 21.8. The molecule has 4 aromatic carbocycles. The molecule has 3 nitrogen and oxygen atoms in total. The molecule has 155 valence electrons. The highest BCUT2D eigenvalue weighted by Gasteiger charge is 2.19. The first-order valence-corrected chi connectivity index (χ1v) is 11.7. The second kappa shape index (κ2) is 8.96. The smallest absolute Gasteiger partial charge is 0.182 e. The van der Waals surface area contributed by atoms with E-state index in [2.05, 4.69) is 6.07 Å². The quantitative estimate of drug-likeness (QED) is 0.341. The van der Waals surface area contributed by atoms with Crippen molar-refractivity contribution in [1.82, 2.24) is 0 Å². The maximum absolute atomic E-state index is 13.1. The molecule has 0 bridgehead atoms. The molecule has 0 N–H and O–H groups in total. The summed E-state index contributed by atoms with van der Waals surface area (Å²) in [6.07, 6.45) is 0. The van der Waals surface area contributed by atoms with Gasteiger partial charge in [-0.25, -0.2) is 8.42 Å². The first-order chi connectivity index (χ1) is 15.0. The molecular formula is C26H20ClO3S. The van der Waals surface area contributed by atoms with Gasteiger partial charge in [-0.3, -0.25) is 0 Å². The van der Waals surface area contributed by atoms with E-state index in [1.807, 2.05) is 60.7 Å². The Labute approximate surface area is 187 Å². The Kier molecular flexibility index (Phi) is 6.12. The van der Waals surface area contributed by atoms with Crippen molar-refractivity contribution in [2.24, 2.45) is 0 Å². The SMILES string of the molecule is COc1ccc(-c2ccc(Cl)cc2)cc1CS(=O)(=O)c1ccc(-c2[c]cccc2)cc1. The summed E-state index contributed by atoms with van der Waals surface area (Å²) in [6, 6.07) is 30.6. The van der Waals surface area contributed by atoms with Crippen LogP contribution in [0.25, 0.3) is 22.3 Å². The highest BCUT2D eigenvalue weighted by atomic mass is 35.5. The van der Waals surface area contributed by atoms with Crippen LogP contribution < -0.4 is 4.74 Å². The van der Waals surface area contributed by atoms with Gasteiger partial charge in [0, 0.05) is 10.6 Å². The fourth-order valence-electron chi connectivity index (χ4n) is 3.42. The van der Waals surface area contributed by atoms with Gasteiger partial charge in [0.05, 0.1) is 17.8 Å². The van der Waals surface area contributed by atoms with Crippen molar-refractivity contribution in [2.75, 3.05) is 7.11 Å². The molecule has 1 radical (unpaired) electrons.